The number of nitrogens with one attached hydrogen (secondary N) is 1. The molecule has 0 aliphatic rings. The third-order valence-electron chi connectivity index (χ3n) is 4.92. The SMILES string of the molecule is CCOCCn1c(C(C)NC(=O)Cc2ccc(OC)c(OC)c2)nc2ccccc21. The van der Waals surface area contributed by atoms with Crippen molar-refractivity contribution < 1.29 is 19.0 Å². The Bertz CT molecular complexity index is 999. The summed E-state index contributed by atoms with van der Waals surface area (Å²) < 4.78 is 18.2. The molecule has 3 aromatic rings. The molecule has 1 heterocycles. The van der Waals surface area contributed by atoms with Crippen LogP contribution in [-0.2, 0) is 22.5 Å². The fourth-order valence-corrected chi connectivity index (χ4v) is 3.49. The van der Waals surface area contributed by atoms with Crippen molar-refractivity contribution in [3.8, 4) is 11.5 Å². The van der Waals surface area contributed by atoms with E-state index in [2.05, 4.69) is 9.88 Å². The molecule has 1 amide bonds. The molecular formula is C23H29N3O4. The van der Waals surface area contributed by atoms with Gasteiger partial charge < -0.3 is 24.1 Å². The Balaban J connectivity index is 1.75. The number of aromatic nitrogens is 2. The van der Waals surface area contributed by atoms with Gasteiger partial charge >= 0.3 is 0 Å². The molecule has 0 fully saturated rings. The Morgan fingerprint density at radius 3 is 2.63 bits per heavy atom. The number of carbonyl (C=O) groups is 1. The maximum Gasteiger partial charge on any atom is 0.224 e. The van der Waals surface area contributed by atoms with Crippen molar-refractivity contribution in [3.05, 3.63) is 53.9 Å². The topological polar surface area (TPSA) is 74.6 Å². The number of methoxy groups -OCH3 is 2. The first kappa shape index (κ1) is 21.6. The van der Waals surface area contributed by atoms with Crippen LogP contribution in [0.15, 0.2) is 42.5 Å². The van der Waals surface area contributed by atoms with Crippen LogP contribution in [0.5, 0.6) is 11.5 Å². The lowest BCUT2D eigenvalue weighted by atomic mass is 10.1. The van der Waals surface area contributed by atoms with E-state index in [1.165, 1.54) is 0 Å². The molecule has 2 aromatic carbocycles. The number of benzene rings is 2. The molecule has 1 N–H and O–H groups in total. The summed E-state index contributed by atoms with van der Waals surface area (Å²) in [5, 5.41) is 3.07. The highest BCUT2D eigenvalue weighted by Crippen LogP contribution is 2.28. The van der Waals surface area contributed by atoms with Gasteiger partial charge in [0, 0.05) is 13.2 Å². The van der Waals surface area contributed by atoms with Gasteiger partial charge in [-0.2, -0.15) is 0 Å². The molecule has 1 aromatic heterocycles. The van der Waals surface area contributed by atoms with Crippen LogP contribution in [0.25, 0.3) is 11.0 Å². The normalized spacial score (nSPS) is 12.0. The number of imidazole rings is 1. The molecule has 0 bridgehead atoms. The molecule has 1 atom stereocenters. The lowest BCUT2D eigenvalue weighted by Gasteiger charge is -2.17. The number of ether oxygens (including phenoxy) is 3. The van der Waals surface area contributed by atoms with Gasteiger partial charge in [-0.15, -0.1) is 0 Å². The van der Waals surface area contributed by atoms with E-state index in [9.17, 15) is 4.79 Å². The van der Waals surface area contributed by atoms with Crippen molar-refractivity contribution in [1.82, 2.24) is 14.9 Å². The Kier molecular flexibility index (Phi) is 7.30. The highest BCUT2D eigenvalue weighted by Gasteiger charge is 2.19. The van der Waals surface area contributed by atoms with Crippen molar-refractivity contribution in [2.24, 2.45) is 0 Å². The summed E-state index contributed by atoms with van der Waals surface area (Å²) >= 11 is 0. The van der Waals surface area contributed by atoms with Crippen molar-refractivity contribution in [2.45, 2.75) is 32.9 Å². The largest absolute Gasteiger partial charge is 0.493 e. The van der Waals surface area contributed by atoms with E-state index in [-0.39, 0.29) is 18.4 Å². The second-order valence-corrected chi connectivity index (χ2v) is 6.96. The molecule has 0 aliphatic heterocycles. The van der Waals surface area contributed by atoms with Gasteiger partial charge in [-0.05, 0) is 43.7 Å². The predicted octanol–water partition coefficient (Wildman–Crippen LogP) is 3.51. The summed E-state index contributed by atoms with van der Waals surface area (Å²) in [6.45, 7) is 5.87. The third-order valence-corrected chi connectivity index (χ3v) is 4.92. The second-order valence-electron chi connectivity index (χ2n) is 6.96. The van der Waals surface area contributed by atoms with Gasteiger partial charge in [-0.3, -0.25) is 4.79 Å². The predicted molar refractivity (Wildman–Crippen MR) is 116 cm³/mol. The molecule has 3 rings (SSSR count). The number of nitrogens with zero attached hydrogens (tertiary/aromatic N) is 2. The highest BCUT2D eigenvalue weighted by molar-refractivity contribution is 5.80. The van der Waals surface area contributed by atoms with E-state index in [1.807, 2.05) is 50.2 Å². The van der Waals surface area contributed by atoms with Crippen LogP contribution in [0.4, 0.5) is 0 Å². The Hall–Kier alpha value is -3.06. The fourth-order valence-electron chi connectivity index (χ4n) is 3.49. The van der Waals surface area contributed by atoms with Gasteiger partial charge in [0.2, 0.25) is 5.91 Å². The zero-order valence-electron chi connectivity index (χ0n) is 18.0. The van der Waals surface area contributed by atoms with Crippen LogP contribution in [0, 0.1) is 0 Å². The van der Waals surface area contributed by atoms with Crippen LogP contribution in [0.1, 0.15) is 31.3 Å². The Labute approximate surface area is 177 Å². The minimum atomic E-state index is -0.244. The molecule has 0 radical (unpaired) electrons. The molecule has 0 aliphatic carbocycles. The molecule has 0 saturated carbocycles. The summed E-state index contributed by atoms with van der Waals surface area (Å²) in [4.78, 5) is 17.4. The van der Waals surface area contributed by atoms with Crippen molar-refractivity contribution in [1.29, 1.82) is 0 Å². The lowest BCUT2D eigenvalue weighted by Crippen LogP contribution is -2.30. The van der Waals surface area contributed by atoms with Crippen LogP contribution in [0.3, 0.4) is 0 Å². The van der Waals surface area contributed by atoms with Gasteiger partial charge in [0.15, 0.2) is 11.5 Å². The number of para-hydroxylation sites is 2. The molecule has 30 heavy (non-hydrogen) atoms. The van der Waals surface area contributed by atoms with E-state index in [1.54, 1.807) is 20.3 Å². The number of hydrogen-bond acceptors (Lipinski definition) is 5. The second kappa shape index (κ2) is 10.1. The summed E-state index contributed by atoms with van der Waals surface area (Å²) in [5.41, 5.74) is 2.79. The van der Waals surface area contributed by atoms with Gasteiger partial charge in [0.25, 0.3) is 0 Å². The summed E-state index contributed by atoms with van der Waals surface area (Å²) in [5.74, 6) is 1.97. The van der Waals surface area contributed by atoms with Gasteiger partial charge in [-0.1, -0.05) is 18.2 Å². The van der Waals surface area contributed by atoms with Gasteiger partial charge in [-0.25, -0.2) is 4.98 Å². The highest BCUT2D eigenvalue weighted by atomic mass is 16.5. The molecular weight excluding hydrogens is 382 g/mol. The molecule has 0 spiro atoms. The maximum atomic E-state index is 12.7. The summed E-state index contributed by atoms with van der Waals surface area (Å²) in [6, 6.07) is 13.2. The third kappa shape index (κ3) is 4.91. The number of rotatable bonds is 10. The van der Waals surface area contributed by atoms with E-state index in [0.717, 1.165) is 22.4 Å². The average molecular weight is 412 g/mol. The first-order valence-corrected chi connectivity index (χ1v) is 10.1. The number of carbonyl (C=O) groups excluding carboxylic acids is 1. The number of hydrogen-bond donors (Lipinski definition) is 1. The van der Waals surface area contributed by atoms with Crippen molar-refractivity contribution in [2.75, 3.05) is 27.4 Å². The molecule has 7 heteroatoms. The summed E-state index contributed by atoms with van der Waals surface area (Å²) in [6.07, 6.45) is 0.240. The van der Waals surface area contributed by atoms with Crippen molar-refractivity contribution >= 4 is 16.9 Å². The molecule has 160 valence electrons. The zero-order valence-corrected chi connectivity index (χ0v) is 18.0. The number of fused-ring (bicyclic) bond motifs is 1. The standard InChI is InChI=1S/C23H29N3O4/c1-5-30-13-12-26-19-9-7-6-8-18(19)25-23(26)16(2)24-22(27)15-17-10-11-20(28-3)21(14-17)29-4/h6-11,14,16H,5,12-13,15H2,1-4H3,(H,24,27). The monoisotopic (exact) mass is 411 g/mol. The first-order valence-electron chi connectivity index (χ1n) is 10.1. The van der Waals surface area contributed by atoms with Crippen LogP contribution < -0.4 is 14.8 Å². The van der Waals surface area contributed by atoms with E-state index >= 15 is 0 Å². The van der Waals surface area contributed by atoms with Gasteiger partial charge in [0.05, 0.1) is 44.3 Å². The Morgan fingerprint density at radius 1 is 1.13 bits per heavy atom. The summed E-state index contributed by atoms with van der Waals surface area (Å²) in [7, 11) is 3.17. The van der Waals surface area contributed by atoms with Crippen LogP contribution in [-0.4, -0.2) is 42.9 Å². The van der Waals surface area contributed by atoms with E-state index in [0.29, 0.717) is 31.3 Å². The molecule has 7 nitrogen and oxygen atoms in total. The Morgan fingerprint density at radius 2 is 1.90 bits per heavy atom. The van der Waals surface area contributed by atoms with E-state index in [4.69, 9.17) is 19.2 Å². The lowest BCUT2D eigenvalue weighted by molar-refractivity contribution is -0.121. The minimum absolute atomic E-state index is 0.0851. The first-order chi connectivity index (χ1) is 14.6. The van der Waals surface area contributed by atoms with Crippen LogP contribution >= 0.6 is 0 Å². The van der Waals surface area contributed by atoms with Crippen LogP contribution in [0.2, 0.25) is 0 Å². The quantitative estimate of drug-likeness (QED) is 0.517. The fraction of sp³-hybridized carbons (Fsp3) is 0.391. The van der Waals surface area contributed by atoms with Crippen molar-refractivity contribution in [3.63, 3.8) is 0 Å². The maximum absolute atomic E-state index is 12.7. The van der Waals surface area contributed by atoms with Gasteiger partial charge in [0.1, 0.15) is 5.82 Å². The minimum Gasteiger partial charge on any atom is -0.493 e. The smallest absolute Gasteiger partial charge is 0.224 e. The van der Waals surface area contributed by atoms with E-state index < -0.39 is 0 Å². The zero-order chi connectivity index (χ0) is 21.5. The molecule has 0 saturated heterocycles. The number of amides is 1. The average Bonchev–Trinajstić information content (AvgIpc) is 3.12. The molecule has 1 unspecified atom stereocenters.